The van der Waals surface area contributed by atoms with Crippen LogP contribution in [0, 0.1) is 13.8 Å². The highest BCUT2D eigenvalue weighted by molar-refractivity contribution is 7.15. The molecule has 0 bridgehead atoms. The number of nitrogens with zero attached hydrogens (tertiary/aromatic N) is 2. The fourth-order valence-electron chi connectivity index (χ4n) is 2.27. The number of aromatic nitrogens is 2. The maximum atomic E-state index is 12.1. The van der Waals surface area contributed by atoms with Gasteiger partial charge in [0.05, 0.1) is 12.2 Å². The standard InChI is InChI=1S/C18H17N3OS/c1-12-7-3-4-8-14(12)18-21-13(2)16(23-18)11-20-17(22)15-9-5-6-10-19-15/h3-10H,11H2,1-2H3,(H,20,22). The average Bonchev–Trinajstić information content (AvgIpc) is 2.94. The lowest BCUT2D eigenvalue weighted by atomic mass is 10.1. The molecule has 1 N–H and O–H groups in total. The van der Waals surface area contributed by atoms with Gasteiger partial charge in [0.1, 0.15) is 10.7 Å². The third-order valence-electron chi connectivity index (χ3n) is 3.58. The summed E-state index contributed by atoms with van der Waals surface area (Å²) in [6, 6.07) is 13.5. The number of hydrogen-bond donors (Lipinski definition) is 1. The predicted octanol–water partition coefficient (Wildman–Crippen LogP) is 3.75. The zero-order valence-electron chi connectivity index (χ0n) is 13.0. The van der Waals surface area contributed by atoms with Crippen molar-refractivity contribution in [1.82, 2.24) is 15.3 Å². The minimum atomic E-state index is -0.171. The van der Waals surface area contributed by atoms with Crippen LogP contribution in [0.3, 0.4) is 0 Å². The maximum absolute atomic E-state index is 12.1. The minimum absolute atomic E-state index is 0.171. The van der Waals surface area contributed by atoms with Crippen LogP contribution < -0.4 is 5.32 Å². The van der Waals surface area contributed by atoms with Gasteiger partial charge in [-0.25, -0.2) is 4.98 Å². The number of pyridine rings is 1. The van der Waals surface area contributed by atoms with Crippen LogP contribution in [0.1, 0.15) is 26.6 Å². The van der Waals surface area contributed by atoms with Crippen molar-refractivity contribution in [2.45, 2.75) is 20.4 Å². The lowest BCUT2D eigenvalue weighted by Gasteiger charge is -2.03. The first-order valence-corrected chi connectivity index (χ1v) is 8.18. The van der Waals surface area contributed by atoms with E-state index in [4.69, 9.17) is 0 Å². The number of nitrogens with one attached hydrogen (secondary N) is 1. The molecule has 2 aromatic heterocycles. The molecule has 116 valence electrons. The van der Waals surface area contributed by atoms with Crippen LogP contribution in [-0.4, -0.2) is 15.9 Å². The van der Waals surface area contributed by atoms with E-state index in [0.717, 1.165) is 21.1 Å². The Kier molecular flexibility index (Phi) is 4.48. The van der Waals surface area contributed by atoms with Crippen LogP contribution in [0.15, 0.2) is 48.7 Å². The van der Waals surface area contributed by atoms with E-state index in [2.05, 4.69) is 34.3 Å². The topological polar surface area (TPSA) is 54.9 Å². The Balaban J connectivity index is 1.75. The summed E-state index contributed by atoms with van der Waals surface area (Å²) >= 11 is 1.62. The highest BCUT2D eigenvalue weighted by Gasteiger charge is 2.12. The normalized spacial score (nSPS) is 10.5. The van der Waals surface area contributed by atoms with Crippen molar-refractivity contribution in [3.8, 4) is 10.6 Å². The molecule has 23 heavy (non-hydrogen) atoms. The number of amides is 1. The molecule has 0 aliphatic carbocycles. The molecule has 0 spiro atoms. The summed E-state index contributed by atoms with van der Waals surface area (Å²) in [5.74, 6) is -0.171. The number of rotatable bonds is 4. The molecule has 0 atom stereocenters. The van der Waals surface area contributed by atoms with Crippen molar-refractivity contribution in [2.75, 3.05) is 0 Å². The van der Waals surface area contributed by atoms with Crippen molar-refractivity contribution < 1.29 is 4.79 Å². The molecule has 3 aromatic rings. The Labute approximate surface area is 139 Å². The zero-order valence-corrected chi connectivity index (χ0v) is 13.9. The Morgan fingerprint density at radius 1 is 1.13 bits per heavy atom. The van der Waals surface area contributed by atoms with Crippen molar-refractivity contribution >= 4 is 17.2 Å². The highest BCUT2D eigenvalue weighted by Crippen LogP contribution is 2.29. The molecule has 3 rings (SSSR count). The molecule has 0 unspecified atom stereocenters. The summed E-state index contributed by atoms with van der Waals surface area (Å²) in [4.78, 5) is 21.8. The quantitative estimate of drug-likeness (QED) is 0.795. The Morgan fingerprint density at radius 2 is 1.91 bits per heavy atom. The molecule has 0 saturated carbocycles. The molecule has 0 fully saturated rings. The number of aryl methyl sites for hydroxylation is 2. The van der Waals surface area contributed by atoms with Gasteiger partial charge < -0.3 is 5.32 Å². The monoisotopic (exact) mass is 323 g/mol. The number of carbonyl (C=O) groups is 1. The van der Waals surface area contributed by atoms with E-state index in [1.807, 2.05) is 19.1 Å². The Hall–Kier alpha value is -2.53. The van der Waals surface area contributed by atoms with Gasteiger partial charge in [0.2, 0.25) is 0 Å². The predicted molar refractivity (Wildman–Crippen MR) is 92.4 cm³/mol. The largest absolute Gasteiger partial charge is 0.346 e. The van der Waals surface area contributed by atoms with Gasteiger partial charge in [-0.2, -0.15) is 0 Å². The molecule has 0 aliphatic rings. The molecular formula is C18H17N3OS. The summed E-state index contributed by atoms with van der Waals surface area (Å²) in [6.07, 6.45) is 1.61. The Morgan fingerprint density at radius 3 is 2.65 bits per heavy atom. The summed E-state index contributed by atoms with van der Waals surface area (Å²) in [5, 5.41) is 3.89. The van der Waals surface area contributed by atoms with Gasteiger partial charge in [-0.15, -0.1) is 11.3 Å². The van der Waals surface area contributed by atoms with E-state index in [1.165, 1.54) is 5.56 Å². The molecular weight excluding hydrogens is 306 g/mol. The van der Waals surface area contributed by atoms with Crippen LogP contribution >= 0.6 is 11.3 Å². The molecule has 0 saturated heterocycles. The lowest BCUT2D eigenvalue weighted by molar-refractivity contribution is 0.0946. The van der Waals surface area contributed by atoms with E-state index in [9.17, 15) is 4.79 Å². The summed E-state index contributed by atoms with van der Waals surface area (Å²) in [5.41, 5.74) is 3.72. The second-order valence-corrected chi connectivity index (χ2v) is 6.32. The van der Waals surface area contributed by atoms with E-state index >= 15 is 0 Å². The van der Waals surface area contributed by atoms with Crippen LogP contribution in [-0.2, 0) is 6.54 Å². The van der Waals surface area contributed by atoms with E-state index in [1.54, 1.807) is 35.7 Å². The van der Waals surface area contributed by atoms with Gasteiger partial charge in [0.15, 0.2) is 0 Å². The summed E-state index contributed by atoms with van der Waals surface area (Å²) in [7, 11) is 0. The van der Waals surface area contributed by atoms with Crippen LogP contribution in [0.25, 0.3) is 10.6 Å². The molecule has 1 amide bonds. The second kappa shape index (κ2) is 6.71. The summed E-state index contributed by atoms with van der Waals surface area (Å²) in [6.45, 7) is 4.51. The van der Waals surface area contributed by atoms with E-state index < -0.39 is 0 Å². The molecule has 2 heterocycles. The van der Waals surface area contributed by atoms with Crippen LogP contribution in [0.2, 0.25) is 0 Å². The van der Waals surface area contributed by atoms with Crippen molar-refractivity contribution in [3.05, 3.63) is 70.5 Å². The first-order chi connectivity index (χ1) is 11.1. The third kappa shape index (κ3) is 3.46. The van der Waals surface area contributed by atoms with Gasteiger partial charge in [-0.05, 0) is 31.5 Å². The summed E-state index contributed by atoms with van der Waals surface area (Å²) < 4.78 is 0. The molecule has 0 aliphatic heterocycles. The Bertz CT molecular complexity index is 827. The van der Waals surface area contributed by atoms with Gasteiger partial charge in [-0.3, -0.25) is 9.78 Å². The molecule has 4 nitrogen and oxygen atoms in total. The van der Waals surface area contributed by atoms with E-state index in [0.29, 0.717) is 12.2 Å². The number of benzene rings is 1. The first-order valence-electron chi connectivity index (χ1n) is 7.36. The van der Waals surface area contributed by atoms with Crippen LogP contribution in [0.5, 0.6) is 0 Å². The fourth-order valence-corrected chi connectivity index (χ4v) is 3.36. The van der Waals surface area contributed by atoms with Crippen molar-refractivity contribution in [1.29, 1.82) is 0 Å². The minimum Gasteiger partial charge on any atom is -0.346 e. The van der Waals surface area contributed by atoms with Gasteiger partial charge in [0.25, 0.3) is 5.91 Å². The molecule has 5 heteroatoms. The first kappa shape index (κ1) is 15.4. The average molecular weight is 323 g/mol. The second-order valence-electron chi connectivity index (χ2n) is 5.24. The number of carbonyl (C=O) groups excluding carboxylic acids is 1. The van der Waals surface area contributed by atoms with Crippen molar-refractivity contribution in [3.63, 3.8) is 0 Å². The number of thiazole rings is 1. The maximum Gasteiger partial charge on any atom is 0.270 e. The van der Waals surface area contributed by atoms with Gasteiger partial charge in [0, 0.05) is 16.6 Å². The fraction of sp³-hybridized carbons (Fsp3) is 0.167. The van der Waals surface area contributed by atoms with Crippen LogP contribution in [0.4, 0.5) is 0 Å². The number of hydrogen-bond acceptors (Lipinski definition) is 4. The SMILES string of the molecule is Cc1ccccc1-c1nc(C)c(CNC(=O)c2ccccn2)s1. The zero-order chi connectivity index (χ0) is 16.2. The third-order valence-corrected chi connectivity index (χ3v) is 4.77. The van der Waals surface area contributed by atoms with Gasteiger partial charge in [-0.1, -0.05) is 30.3 Å². The van der Waals surface area contributed by atoms with Crippen molar-refractivity contribution in [2.24, 2.45) is 0 Å². The lowest BCUT2D eigenvalue weighted by Crippen LogP contribution is -2.23. The molecule has 0 radical (unpaired) electrons. The molecule has 1 aromatic carbocycles. The van der Waals surface area contributed by atoms with Gasteiger partial charge >= 0.3 is 0 Å². The highest BCUT2D eigenvalue weighted by atomic mass is 32.1. The smallest absolute Gasteiger partial charge is 0.270 e. The van der Waals surface area contributed by atoms with E-state index in [-0.39, 0.29) is 5.91 Å².